The van der Waals surface area contributed by atoms with E-state index in [9.17, 15) is 13.2 Å². The summed E-state index contributed by atoms with van der Waals surface area (Å²) < 4.78 is 39.8. The first-order valence-corrected chi connectivity index (χ1v) is 4.00. The van der Waals surface area contributed by atoms with Crippen molar-refractivity contribution in [3.05, 3.63) is 0 Å². The summed E-state index contributed by atoms with van der Waals surface area (Å²) in [5.41, 5.74) is 0. The summed E-state index contributed by atoms with van der Waals surface area (Å²) >= 11 is 0. The molecule has 12 heavy (non-hydrogen) atoms. The van der Waals surface area contributed by atoms with Gasteiger partial charge in [-0.1, -0.05) is 13.8 Å². The van der Waals surface area contributed by atoms with Gasteiger partial charge in [0.2, 0.25) is 0 Å². The van der Waals surface area contributed by atoms with Gasteiger partial charge < -0.3 is 10.1 Å². The normalized spacial score (nSPS) is 24.2. The number of ether oxygens (including phenoxy) is 1. The fraction of sp³-hybridized carbons (Fsp3) is 1.00. The molecule has 2 nitrogen and oxygen atoms in total. The molecule has 0 saturated carbocycles. The Balaban J connectivity index is 0.000000561. The molecule has 0 bridgehead atoms. The Bertz CT molecular complexity index is 110. The highest BCUT2D eigenvalue weighted by Gasteiger charge is 2.41. The molecule has 5 heteroatoms. The van der Waals surface area contributed by atoms with Crippen molar-refractivity contribution in [1.82, 2.24) is 5.32 Å². The second-order valence-corrected chi connectivity index (χ2v) is 2.11. The molecule has 0 aromatic heterocycles. The second kappa shape index (κ2) is 5.37. The zero-order valence-electron chi connectivity index (χ0n) is 7.24. The third-order valence-corrected chi connectivity index (χ3v) is 1.29. The molecule has 1 aliphatic heterocycles. The molecule has 74 valence electrons. The van der Waals surface area contributed by atoms with Gasteiger partial charge in [-0.25, -0.2) is 0 Å². The number of morpholine rings is 1. The first-order valence-electron chi connectivity index (χ1n) is 4.00. The minimum absolute atomic E-state index is 0.122. The predicted octanol–water partition coefficient (Wildman–Crippen LogP) is 1.56. The highest BCUT2D eigenvalue weighted by molar-refractivity contribution is 4.73. The van der Waals surface area contributed by atoms with Gasteiger partial charge >= 0.3 is 6.18 Å². The summed E-state index contributed by atoms with van der Waals surface area (Å²) in [7, 11) is 0. The number of halogens is 3. The van der Waals surface area contributed by atoms with Gasteiger partial charge in [-0.15, -0.1) is 0 Å². The molecule has 1 heterocycles. The highest BCUT2D eigenvalue weighted by Crippen LogP contribution is 2.23. The highest BCUT2D eigenvalue weighted by atomic mass is 19.4. The molecule has 0 spiro atoms. The molecule has 1 unspecified atom stereocenters. The molecule has 1 fully saturated rings. The topological polar surface area (TPSA) is 21.3 Å². The molecule has 0 aromatic carbocycles. The van der Waals surface area contributed by atoms with Crippen LogP contribution in [0.2, 0.25) is 0 Å². The fourth-order valence-electron chi connectivity index (χ4n) is 0.776. The molecule has 1 atom stereocenters. The second-order valence-electron chi connectivity index (χ2n) is 2.11. The molecule has 0 aliphatic carbocycles. The lowest BCUT2D eigenvalue weighted by atomic mass is 10.3. The van der Waals surface area contributed by atoms with Gasteiger partial charge in [-0.3, -0.25) is 0 Å². The molecule has 1 N–H and O–H groups in total. The standard InChI is InChI=1S/C5H8F3NO.C2H6/c6-5(7,8)4-3-9-1-2-10-4;1-2/h4,9H,1-3H2;1-2H3. The van der Waals surface area contributed by atoms with Crippen molar-refractivity contribution in [3.8, 4) is 0 Å². The third kappa shape index (κ3) is 3.92. The maximum Gasteiger partial charge on any atom is 0.415 e. The summed E-state index contributed by atoms with van der Waals surface area (Å²) in [6.07, 6.45) is -5.82. The lowest BCUT2D eigenvalue weighted by Gasteiger charge is -2.25. The largest absolute Gasteiger partial charge is 0.415 e. The minimum Gasteiger partial charge on any atom is -0.366 e. The van der Waals surface area contributed by atoms with E-state index in [0.29, 0.717) is 6.54 Å². The number of rotatable bonds is 0. The van der Waals surface area contributed by atoms with E-state index in [4.69, 9.17) is 0 Å². The van der Waals surface area contributed by atoms with Gasteiger partial charge in [-0.05, 0) is 0 Å². The van der Waals surface area contributed by atoms with E-state index in [2.05, 4.69) is 10.1 Å². The maximum atomic E-state index is 11.8. The van der Waals surface area contributed by atoms with E-state index in [0.717, 1.165) is 0 Å². The average Bonchev–Trinajstić information content (AvgIpc) is 2.08. The van der Waals surface area contributed by atoms with E-state index >= 15 is 0 Å². The minimum atomic E-state index is -4.21. The van der Waals surface area contributed by atoms with Crippen molar-refractivity contribution in [3.63, 3.8) is 0 Å². The van der Waals surface area contributed by atoms with Crippen LogP contribution in [0.15, 0.2) is 0 Å². The maximum absolute atomic E-state index is 11.8. The molecule has 0 aromatic rings. The van der Waals surface area contributed by atoms with Crippen molar-refractivity contribution in [2.45, 2.75) is 26.1 Å². The number of hydrogen-bond acceptors (Lipinski definition) is 2. The number of nitrogens with one attached hydrogen (secondary N) is 1. The fourth-order valence-corrected chi connectivity index (χ4v) is 0.776. The van der Waals surface area contributed by atoms with Crippen LogP contribution in [0.3, 0.4) is 0 Å². The van der Waals surface area contributed by atoms with E-state index in [-0.39, 0.29) is 13.2 Å². The molecule has 1 saturated heterocycles. The summed E-state index contributed by atoms with van der Waals surface area (Å²) in [5, 5.41) is 2.60. The lowest BCUT2D eigenvalue weighted by molar-refractivity contribution is -0.224. The van der Waals surface area contributed by atoms with Crippen molar-refractivity contribution >= 4 is 0 Å². The Labute approximate surface area is 70.1 Å². The lowest BCUT2D eigenvalue weighted by Crippen LogP contribution is -2.46. The first-order chi connectivity index (χ1) is 5.61. The smallest absolute Gasteiger partial charge is 0.366 e. The van der Waals surface area contributed by atoms with E-state index in [1.165, 1.54) is 0 Å². The van der Waals surface area contributed by atoms with Crippen LogP contribution in [-0.4, -0.2) is 32.0 Å². The Kier molecular flexibility index (Phi) is 5.24. The van der Waals surface area contributed by atoms with Gasteiger partial charge in [-0.2, -0.15) is 13.2 Å². The van der Waals surface area contributed by atoms with Gasteiger partial charge in [0, 0.05) is 13.1 Å². The van der Waals surface area contributed by atoms with Crippen LogP contribution in [0.5, 0.6) is 0 Å². The summed E-state index contributed by atoms with van der Waals surface area (Å²) in [4.78, 5) is 0. The zero-order valence-corrected chi connectivity index (χ0v) is 7.24. The molecular weight excluding hydrogens is 171 g/mol. The predicted molar refractivity (Wildman–Crippen MR) is 40.0 cm³/mol. The van der Waals surface area contributed by atoms with E-state index in [1.54, 1.807) is 0 Å². The Morgan fingerprint density at radius 1 is 1.33 bits per heavy atom. The Morgan fingerprint density at radius 3 is 2.17 bits per heavy atom. The summed E-state index contributed by atoms with van der Waals surface area (Å²) in [5.74, 6) is 0. The SMILES string of the molecule is CC.FC(F)(F)C1CNCCO1. The summed E-state index contributed by atoms with van der Waals surface area (Å²) in [6.45, 7) is 4.53. The average molecular weight is 185 g/mol. The van der Waals surface area contributed by atoms with Crippen LogP contribution in [-0.2, 0) is 4.74 Å². The van der Waals surface area contributed by atoms with Gasteiger partial charge in [0.25, 0.3) is 0 Å². The molecular formula is C7H14F3NO. The van der Waals surface area contributed by atoms with Gasteiger partial charge in [0.1, 0.15) is 0 Å². The monoisotopic (exact) mass is 185 g/mol. The molecule has 0 amide bonds. The quantitative estimate of drug-likeness (QED) is 0.618. The Hall–Kier alpha value is -0.290. The first kappa shape index (κ1) is 11.7. The van der Waals surface area contributed by atoms with Gasteiger partial charge in [0.15, 0.2) is 6.10 Å². The Morgan fingerprint density at radius 2 is 1.92 bits per heavy atom. The van der Waals surface area contributed by atoms with Crippen molar-refractivity contribution in [1.29, 1.82) is 0 Å². The third-order valence-electron chi connectivity index (χ3n) is 1.29. The van der Waals surface area contributed by atoms with Crippen molar-refractivity contribution in [2.75, 3.05) is 19.7 Å². The van der Waals surface area contributed by atoms with E-state index in [1.807, 2.05) is 13.8 Å². The zero-order chi connectivity index (χ0) is 9.61. The van der Waals surface area contributed by atoms with Crippen molar-refractivity contribution in [2.24, 2.45) is 0 Å². The van der Waals surface area contributed by atoms with Gasteiger partial charge in [0.05, 0.1) is 6.61 Å². The summed E-state index contributed by atoms with van der Waals surface area (Å²) in [6, 6.07) is 0. The van der Waals surface area contributed by atoms with Crippen LogP contribution in [0.1, 0.15) is 13.8 Å². The molecule has 1 aliphatic rings. The molecule has 1 rings (SSSR count). The van der Waals surface area contributed by atoms with Crippen LogP contribution in [0.4, 0.5) is 13.2 Å². The number of hydrogen-bond donors (Lipinski definition) is 1. The molecule has 0 radical (unpaired) electrons. The number of alkyl halides is 3. The van der Waals surface area contributed by atoms with Crippen molar-refractivity contribution < 1.29 is 17.9 Å². The van der Waals surface area contributed by atoms with Crippen LogP contribution in [0, 0.1) is 0 Å². The van der Waals surface area contributed by atoms with Crippen LogP contribution < -0.4 is 5.32 Å². The van der Waals surface area contributed by atoms with Crippen LogP contribution >= 0.6 is 0 Å². The van der Waals surface area contributed by atoms with Crippen LogP contribution in [0.25, 0.3) is 0 Å². The van der Waals surface area contributed by atoms with E-state index < -0.39 is 12.3 Å².